The molecule has 1 heterocycles. The summed E-state index contributed by atoms with van der Waals surface area (Å²) >= 11 is 5.07. The number of aromatic hydroxyl groups is 1. The van der Waals surface area contributed by atoms with Crippen LogP contribution in [0.4, 0.5) is 15.8 Å². The van der Waals surface area contributed by atoms with Gasteiger partial charge in [0.1, 0.15) is 5.82 Å². The Hall–Kier alpha value is -2.89. The van der Waals surface area contributed by atoms with Gasteiger partial charge in [0.15, 0.2) is 5.69 Å². The Labute approximate surface area is 159 Å². The van der Waals surface area contributed by atoms with E-state index in [1.165, 1.54) is 47.0 Å². The Kier molecular flexibility index (Phi) is 4.91. The van der Waals surface area contributed by atoms with E-state index in [1.54, 1.807) is 7.05 Å². The van der Waals surface area contributed by atoms with E-state index < -0.39 is 15.8 Å². The summed E-state index contributed by atoms with van der Waals surface area (Å²) in [5, 5.41) is 26.3. The minimum absolute atomic E-state index is 0.0168. The summed E-state index contributed by atoms with van der Waals surface area (Å²) in [5.41, 5.74) is 1.09. The maximum Gasteiger partial charge on any atom is 0.238 e. The van der Waals surface area contributed by atoms with Crippen molar-refractivity contribution < 1.29 is 17.9 Å². The highest BCUT2D eigenvalue weighted by atomic mass is 32.2. The van der Waals surface area contributed by atoms with Crippen LogP contribution in [0.25, 0.3) is 10.9 Å². The number of anilines is 1. The van der Waals surface area contributed by atoms with Crippen LogP contribution in [-0.2, 0) is 17.1 Å². The van der Waals surface area contributed by atoms with Crippen molar-refractivity contribution in [3.05, 3.63) is 48.3 Å². The van der Waals surface area contributed by atoms with Crippen molar-refractivity contribution in [2.45, 2.75) is 4.90 Å². The lowest BCUT2D eigenvalue weighted by Crippen LogP contribution is -2.12. The highest BCUT2D eigenvalue weighted by Gasteiger charge is 2.15. The van der Waals surface area contributed by atoms with Crippen molar-refractivity contribution in [2.24, 2.45) is 22.4 Å². The molecule has 0 aliphatic heterocycles. The zero-order valence-corrected chi connectivity index (χ0v) is 15.6. The van der Waals surface area contributed by atoms with E-state index >= 15 is 0 Å². The first-order valence-corrected chi connectivity index (χ1v) is 9.45. The van der Waals surface area contributed by atoms with Crippen LogP contribution in [0.15, 0.2) is 57.6 Å². The Bertz CT molecular complexity index is 1170. The van der Waals surface area contributed by atoms with Gasteiger partial charge in [0.2, 0.25) is 21.0 Å². The molecular formula is C16H14FN5O3S2. The van der Waals surface area contributed by atoms with Gasteiger partial charge >= 0.3 is 0 Å². The molecule has 8 nitrogen and oxygen atoms in total. The molecule has 0 amide bonds. The summed E-state index contributed by atoms with van der Waals surface area (Å²) < 4.78 is 37.2. The number of nitrogens with two attached hydrogens (primary N) is 1. The third kappa shape index (κ3) is 3.94. The molecule has 4 N–H and O–H groups in total. The Morgan fingerprint density at radius 2 is 1.93 bits per heavy atom. The first kappa shape index (κ1) is 18.9. The fourth-order valence-electron chi connectivity index (χ4n) is 2.45. The normalized spacial score (nSPS) is 12.0. The molecule has 3 rings (SSSR count). The van der Waals surface area contributed by atoms with Crippen molar-refractivity contribution >= 4 is 49.6 Å². The molecule has 0 atom stereocenters. The second kappa shape index (κ2) is 7.02. The largest absolute Gasteiger partial charge is 0.493 e. The maximum atomic E-state index is 13.4. The van der Waals surface area contributed by atoms with Crippen LogP contribution >= 0.6 is 12.2 Å². The summed E-state index contributed by atoms with van der Waals surface area (Å²) in [6, 6.07) is 9.60. The molecule has 11 heteroatoms. The number of rotatable bonds is 3. The lowest BCUT2D eigenvalue weighted by Gasteiger charge is -2.04. The average Bonchev–Trinajstić information content (AvgIpc) is 2.83. The Balaban J connectivity index is 1.81. The number of sulfonamides is 1. The van der Waals surface area contributed by atoms with Gasteiger partial charge in [-0.2, -0.15) is 0 Å². The van der Waals surface area contributed by atoms with Crippen molar-refractivity contribution in [3.8, 4) is 5.88 Å². The Morgan fingerprint density at radius 3 is 2.56 bits per heavy atom. The van der Waals surface area contributed by atoms with Crippen LogP contribution in [0.5, 0.6) is 5.88 Å². The molecule has 0 saturated carbocycles. The van der Waals surface area contributed by atoms with Gasteiger partial charge in [-0.25, -0.2) is 17.9 Å². The zero-order valence-electron chi connectivity index (χ0n) is 13.9. The number of azo groups is 1. The number of hydrogen-bond acceptors (Lipinski definition) is 5. The number of fused-ring (bicyclic) bond motifs is 1. The molecule has 3 aromatic rings. The van der Waals surface area contributed by atoms with Gasteiger partial charge in [-0.3, -0.25) is 0 Å². The van der Waals surface area contributed by atoms with E-state index in [1.807, 2.05) is 0 Å². The Morgan fingerprint density at radius 1 is 1.26 bits per heavy atom. The second-order valence-corrected chi connectivity index (χ2v) is 7.54. The molecule has 0 radical (unpaired) electrons. The average molecular weight is 407 g/mol. The molecule has 1 aromatic heterocycles. The monoisotopic (exact) mass is 407 g/mol. The number of halogens is 1. The number of aryl methyl sites for hydroxylation is 1. The number of nitrogens with one attached hydrogen (secondary N) is 1. The van der Waals surface area contributed by atoms with Crippen molar-refractivity contribution in [1.82, 2.24) is 4.57 Å². The zero-order chi connectivity index (χ0) is 19.8. The lowest BCUT2D eigenvalue weighted by molar-refractivity contribution is 0.436. The topological polar surface area (TPSA) is 122 Å². The number of benzene rings is 2. The number of primary sulfonamides is 1. The summed E-state index contributed by atoms with van der Waals surface area (Å²) in [7, 11) is -2.21. The van der Waals surface area contributed by atoms with Gasteiger partial charge in [-0.1, -0.05) is 0 Å². The second-order valence-electron chi connectivity index (χ2n) is 5.59. The molecule has 0 bridgehead atoms. The molecule has 140 valence electrons. The number of aromatic nitrogens is 1. The molecular weight excluding hydrogens is 393 g/mol. The van der Waals surface area contributed by atoms with Crippen molar-refractivity contribution in [3.63, 3.8) is 0 Å². The van der Waals surface area contributed by atoms with Crippen LogP contribution in [0.3, 0.4) is 0 Å². The number of nitrogens with zero attached hydrogens (tertiary/aromatic N) is 3. The lowest BCUT2D eigenvalue weighted by atomic mass is 10.2. The standard InChI is InChI=1S/C16H14FN5O3S2/c1-22-13-8-9(17)2-7-12(13)14(15(22)23)20-21-16(26)19-10-3-5-11(6-4-10)27(18,24)25/h2-8,23H,1H3,(H,19,26)(H2,18,24,25). The van der Waals surface area contributed by atoms with Crippen molar-refractivity contribution in [2.75, 3.05) is 5.32 Å². The maximum absolute atomic E-state index is 13.4. The van der Waals surface area contributed by atoms with E-state index in [2.05, 4.69) is 15.5 Å². The summed E-state index contributed by atoms with van der Waals surface area (Å²) in [5.74, 6) is -0.619. The minimum atomic E-state index is -3.78. The minimum Gasteiger partial charge on any atom is -0.493 e. The molecule has 0 unspecified atom stereocenters. The first-order chi connectivity index (χ1) is 12.7. The van der Waals surface area contributed by atoms with E-state index in [0.717, 1.165) is 0 Å². The predicted octanol–water partition coefficient (Wildman–Crippen LogP) is 3.15. The summed E-state index contributed by atoms with van der Waals surface area (Å²) in [6.45, 7) is 0. The van der Waals surface area contributed by atoms with Gasteiger partial charge in [0, 0.05) is 18.1 Å². The fraction of sp³-hybridized carbons (Fsp3) is 0.0625. The first-order valence-electron chi connectivity index (χ1n) is 7.49. The molecule has 0 aliphatic carbocycles. The van der Waals surface area contributed by atoms with Crippen LogP contribution in [0.2, 0.25) is 0 Å². The third-order valence-electron chi connectivity index (χ3n) is 3.78. The molecule has 27 heavy (non-hydrogen) atoms. The number of hydrogen-bond donors (Lipinski definition) is 3. The number of thiocarbonyl (C=S) groups is 1. The summed E-state index contributed by atoms with van der Waals surface area (Å²) in [6.07, 6.45) is 0. The van der Waals surface area contributed by atoms with Gasteiger partial charge in [0.25, 0.3) is 0 Å². The molecule has 2 aromatic carbocycles. The van der Waals surface area contributed by atoms with E-state index in [-0.39, 0.29) is 21.6 Å². The third-order valence-corrected chi connectivity index (χ3v) is 4.89. The van der Waals surface area contributed by atoms with Crippen LogP contribution in [0, 0.1) is 5.82 Å². The van der Waals surface area contributed by atoms with Crippen molar-refractivity contribution in [1.29, 1.82) is 0 Å². The van der Waals surface area contributed by atoms with E-state index in [0.29, 0.717) is 16.6 Å². The van der Waals surface area contributed by atoms with Crippen LogP contribution in [-0.4, -0.2) is 23.2 Å². The summed E-state index contributed by atoms with van der Waals surface area (Å²) in [4.78, 5) is -0.0338. The fourth-order valence-corrected chi connectivity index (χ4v) is 3.12. The molecule has 0 saturated heterocycles. The molecule has 0 fully saturated rings. The molecule has 0 spiro atoms. The highest BCUT2D eigenvalue weighted by Crippen LogP contribution is 2.38. The van der Waals surface area contributed by atoms with Gasteiger partial charge in [-0.05, 0) is 54.7 Å². The highest BCUT2D eigenvalue weighted by molar-refractivity contribution is 7.89. The van der Waals surface area contributed by atoms with Crippen LogP contribution < -0.4 is 10.5 Å². The SMILES string of the molecule is Cn1c(O)c(N=NC(=S)Nc2ccc(S(N)(=O)=O)cc2)c2ccc(F)cc21. The van der Waals surface area contributed by atoms with Crippen LogP contribution in [0.1, 0.15) is 0 Å². The molecule has 0 aliphatic rings. The smallest absolute Gasteiger partial charge is 0.238 e. The van der Waals surface area contributed by atoms with E-state index in [4.69, 9.17) is 17.4 Å². The van der Waals surface area contributed by atoms with Gasteiger partial charge in [0.05, 0.1) is 10.4 Å². The quantitative estimate of drug-likeness (QED) is 0.455. The van der Waals surface area contributed by atoms with E-state index in [9.17, 15) is 17.9 Å². The van der Waals surface area contributed by atoms with Gasteiger partial charge in [-0.15, -0.1) is 10.2 Å². The predicted molar refractivity (Wildman–Crippen MR) is 103 cm³/mol. The van der Waals surface area contributed by atoms with Gasteiger partial charge < -0.3 is 15.0 Å².